The van der Waals surface area contributed by atoms with Crippen LogP contribution in [0.5, 0.6) is 0 Å². The number of anilines is 2. The van der Waals surface area contributed by atoms with Crippen molar-refractivity contribution in [3.05, 3.63) is 45.3 Å². The highest BCUT2D eigenvalue weighted by molar-refractivity contribution is 7.80. The summed E-state index contributed by atoms with van der Waals surface area (Å²) in [7, 11) is 3.70. The van der Waals surface area contributed by atoms with Gasteiger partial charge in [-0.05, 0) is 56.8 Å². The van der Waals surface area contributed by atoms with Crippen LogP contribution in [0.4, 0.5) is 10.7 Å². The van der Waals surface area contributed by atoms with E-state index in [1.165, 1.54) is 39.5 Å². The molecule has 1 aromatic carbocycles. The molecule has 12 heteroatoms. The molecular formula is C23H27N3O7S2. The lowest BCUT2D eigenvalue weighted by molar-refractivity contribution is 0.0587. The Labute approximate surface area is 212 Å². The van der Waals surface area contributed by atoms with E-state index in [9.17, 15) is 19.2 Å². The van der Waals surface area contributed by atoms with Gasteiger partial charge in [-0.2, -0.15) is 0 Å². The number of carbonyl (C=O) groups excluding carboxylic acids is 4. The fourth-order valence-corrected chi connectivity index (χ4v) is 4.69. The van der Waals surface area contributed by atoms with Crippen LogP contribution in [0.25, 0.3) is 0 Å². The van der Waals surface area contributed by atoms with Crippen LogP contribution in [0.1, 0.15) is 60.2 Å². The van der Waals surface area contributed by atoms with E-state index in [0.29, 0.717) is 28.5 Å². The number of nitrogens with zero attached hydrogens (tertiary/aromatic N) is 1. The number of hydrogen-bond donors (Lipinski definition) is 2. The number of thiocarbonyl (C=S) groups is 1. The minimum atomic E-state index is -0.652. The summed E-state index contributed by atoms with van der Waals surface area (Å²) in [6.07, 6.45) is 0. The Morgan fingerprint density at radius 1 is 0.943 bits per heavy atom. The van der Waals surface area contributed by atoms with Gasteiger partial charge in [-0.1, -0.05) is 0 Å². The van der Waals surface area contributed by atoms with E-state index in [-0.39, 0.29) is 33.4 Å². The highest BCUT2D eigenvalue weighted by Crippen LogP contribution is 2.35. The second-order valence-electron chi connectivity index (χ2n) is 7.05. The van der Waals surface area contributed by atoms with Crippen LogP contribution < -0.4 is 10.6 Å². The molecule has 2 N–H and O–H groups in total. The number of methoxy groups -OCH3 is 3. The monoisotopic (exact) mass is 521 g/mol. The van der Waals surface area contributed by atoms with Gasteiger partial charge in [-0.25, -0.2) is 14.4 Å². The number of esters is 3. The molecule has 0 aliphatic heterocycles. The van der Waals surface area contributed by atoms with Crippen LogP contribution in [-0.2, 0) is 14.2 Å². The van der Waals surface area contributed by atoms with E-state index in [4.69, 9.17) is 26.4 Å². The van der Waals surface area contributed by atoms with Gasteiger partial charge in [0.05, 0.1) is 48.6 Å². The smallest absolute Gasteiger partial charge is 0.341 e. The summed E-state index contributed by atoms with van der Waals surface area (Å²) in [5.41, 5.74) is 1.13. The molecule has 0 unspecified atom stereocenters. The molecule has 2 aromatic rings. The van der Waals surface area contributed by atoms with Crippen molar-refractivity contribution in [3.8, 4) is 0 Å². The number of rotatable bonds is 8. The Bertz CT molecular complexity index is 1160. The zero-order valence-corrected chi connectivity index (χ0v) is 21.9. The van der Waals surface area contributed by atoms with Gasteiger partial charge < -0.3 is 29.7 Å². The van der Waals surface area contributed by atoms with Crippen molar-refractivity contribution in [2.24, 2.45) is 0 Å². The first-order chi connectivity index (χ1) is 16.6. The number of benzene rings is 1. The van der Waals surface area contributed by atoms with E-state index in [2.05, 4.69) is 10.6 Å². The van der Waals surface area contributed by atoms with Crippen LogP contribution >= 0.6 is 23.6 Å². The first-order valence-corrected chi connectivity index (χ1v) is 11.7. The second kappa shape index (κ2) is 12.3. The largest absolute Gasteiger partial charge is 0.465 e. The summed E-state index contributed by atoms with van der Waals surface area (Å²) < 4.78 is 14.4. The van der Waals surface area contributed by atoms with Gasteiger partial charge in [0.25, 0.3) is 5.91 Å². The van der Waals surface area contributed by atoms with Gasteiger partial charge in [-0.15, -0.1) is 11.3 Å². The Morgan fingerprint density at radius 3 is 2.09 bits per heavy atom. The first-order valence-electron chi connectivity index (χ1n) is 10.5. The molecule has 0 spiro atoms. The topological polar surface area (TPSA) is 123 Å². The van der Waals surface area contributed by atoms with E-state index in [0.717, 1.165) is 11.3 Å². The van der Waals surface area contributed by atoms with Crippen LogP contribution in [0.15, 0.2) is 18.2 Å². The zero-order valence-electron chi connectivity index (χ0n) is 20.3. The quantitative estimate of drug-likeness (QED) is 0.302. The van der Waals surface area contributed by atoms with Crippen molar-refractivity contribution in [2.75, 3.05) is 45.1 Å². The fraction of sp³-hybridized carbons (Fsp3) is 0.348. The molecule has 188 valence electrons. The van der Waals surface area contributed by atoms with E-state index in [1.807, 2.05) is 13.8 Å². The molecule has 0 bridgehead atoms. The molecule has 0 radical (unpaired) electrons. The number of amides is 1. The Hall–Kier alpha value is -3.51. The zero-order chi connectivity index (χ0) is 26.3. The van der Waals surface area contributed by atoms with Gasteiger partial charge in [-0.3, -0.25) is 4.79 Å². The second-order valence-corrected chi connectivity index (χ2v) is 8.48. The molecule has 1 amide bonds. The normalized spacial score (nSPS) is 10.2. The highest BCUT2D eigenvalue weighted by atomic mass is 32.1. The molecule has 0 aliphatic rings. The SMILES string of the molecule is CCN(CC)C(=O)c1sc(NC(=S)Nc2cc(C(=O)OC)ccc2C(=O)OC)c(C(=O)OC)c1C. The van der Waals surface area contributed by atoms with Crippen molar-refractivity contribution in [2.45, 2.75) is 20.8 Å². The third kappa shape index (κ3) is 6.14. The summed E-state index contributed by atoms with van der Waals surface area (Å²) in [5, 5.41) is 6.07. The molecular weight excluding hydrogens is 494 g/mol. The average molecular weight is 522 g/mol. The first kappa shape index (κ1) is 27.7. The molecule has 35 heavy (non-hydrogen) atoms. The lowest BCUT2D eigenvalue weighted by atomic mass is 10.1. The van der Waals surface area contributed by atoms with Gasteiger partial charge in [0, 0.05) is 13.1 Å². The van der Waals surface area contributed by atoms with Crippen molar-refractivity contribution in [1.29, 1.82) is 0 Å². The molecule has 2 rings (SSSR count). The third-order valence-corrected chi connectivity index (χ3v) is 6.50. The summed E-state index contributed by atoms with van der Waals surface area (Å²) in [6, 6.07) is 4.21. The van der Waals surface area contributed by atoms with Crippen LogP contribution in [-0.4, -0.2) is 68.2 Å². The molecule has 10 nitrogen and oxygen atoms in total. The third-order valence-electron chi connectivity index (χ3n) is 5.10. The molecule has 0 saturated carbocycles. The molecule has 1 heterocycles. The summed E-state index contributed by atoms with van der Waals surface area (Å²) in [4.78, 5) is 51.7. The minimum Gasteiger partial charge on any atom is -0.465 e. The van der Waals surface area contributed by atoms with Gasteiger partial charge >= 0.3 is 17.9 Å². The number of nitrogens with one attached hydrogen (secondary N) is 2. The Balaban J connectivity index is 2.45. The minimum absolute atomic E-state index is 0.00501. The van der Waals surface area contributed by atoms with Crippen molar-refractivity contribution >= 4 is 63.2 Å². The maximum absolute atomic E-state index is 13.0. The van der Waals surface area contributed by atoms with E-state index >= 15 is 0 Å². The Kier molecular flexibility index (Phi) is 9.72. The van der Waals surface area contributed by atoms with Crippen LogP contribution in [0.2, 0.25) is 0 Å². The van der Waals surface area contributed by atoms with Gasteiger partial charge in [0.2, 0.25) is 0 Å². The molecule has 0 fully saturated rings. The predicted molar refractivity (Wildman–Crippen MR) is 137 cm³/mol. The van der Waals surface area contributed by atoms with Crippen LogP contribution in [0.3, 0.4) is 0 Å². The standard InChI is InChI=1S/C23H27N3O7S2/c1-7-26(8-2)19(27)17-12(3)16(22(30)33-6)18(35-17)25-23(34)24-15-11-13(20(28)31-4)9-10-14(15)21(29)32-5/h9-11H,7-8H2,1-6H3,(H2,24,25,34). The van der Waals surface area contributed by atoms with E-state index in [1.54, 1.807) is 11.8 Å². The van der Waals surface area contributed by atoms with Crippen molar-refractivity contribution in [1.82, 2.24) is 4.90 Å². The summed E-state index contributed by atoms with van der Waals surface area (Å²) >= 11 is 6.47. The van der Waals surface area contributed by atoms with E-state index < -0.39 is 17.9 Å². The number of thiophene rings is 1. The lowest BCUT2D eigenvalue weighted by Gasteiger charge is -2.18. The molecule has 1 aromatic heterocycles. The van der Waals surface area contributed by atoms with Crippen molar-refractivity contribution < 1.29 is 33.4 Å². The maximum atomic E-state index is 13.0. The molecule has 0 saturated heterocycles. The maximum Gasteiger partial charge on any atom is 0.341 e. The average Bonchev–Trinajstić information content (AvgIpc) is 3.18. The van der Waals surface area contributed by atoms with Gasteiger partial charge in [0.15, 0.2) is 5.11 Å². The summed E-state index contributed by atoms with van der Waals surface area (Å²) in [6.45, 7) is 6.41. The lowest BCUT2D eigenvalue weighted by Crippen LogP contribution is -2.30. The van der Waals surface area contributed by atoms with Gasteiger partial charge in [0.1, 0.15) is 5.00 Å². The fourth-order valence-electron chi connectivity index (χ4n) is 3.24. The highest BCUT2D eigenvalue weighted by Gasteiger charge is 2.28. The number of hydrogen-bond acceptors (Lipinski definition) is 9. The molecule has 0 aliphatic carbocycles. The predicted octanol–water partition coefficient (Wildman–Crippen LogP) is 3.71. The van der Waals surface area contributed by atoms with Crippen molar-refractivity contribution in [3.63, 3.8) is 0 Å². The number of ether oxygens (including phenoxy) is 3. The Morgan fingerprint density at radius 2 is 1.54 bits per heavy atom. The number of carbonyl (C=O) groups is 4. The summed E-state index contributed by atoms with van der Waals surface area (Å²) in [5.74, 6) is -2.11. The molecule has 0 atom stereocenters. The van der Waals surface area contributed by atoms with Crippen LogP contribution in [0, 0.1) is 6.92 Å².